The van der Waals surface area contributed by atoms with Gasteiger partial charge >= 0.3 is 0 Å². The first kappa shape index (κ1) is 15.9. The SMILES string of the molecule is C[Si](C)OCC(Br)Cc1cccc(C(C)(C)C)c1. The van der Waals surface area contributed by atoms with Crippen molar-refractivity contribution in [1.29, 1.82) is 0 Å². The van der Waals surface area contributed by atoms with Crippen LogP contribution in [0.5, 0.6) is 0 Å². The van der Waals surface area contributed by atoms with Crippen LogP contribution in [0.3, 0.4) is 0 Å². The maximum Gasteiger partial charge on any atom is 0.204 e. The van der Waals surface area contributed by atoms with Gasteiger partial charge in [-0.2, -0.15) is 0 Å². The summed E-state index contributed by atoms with van der Waals surface area (Å²) >= 11 is 3.71. The van der Waals surface area contributed by atoms with E-state index in [1.807, 2.05) is 0 Å². The summed E-state index contributed by atoms with van der Waals surface area (Å²) in [6, 6.07) is 8.89. The minimum atomic E-state index is -0.582. The van der Waals surface area contributed by atoms with Gasteiger partial charge in [0, 0.05) is 11.4 Å². The quantitative estimate of drug-likeness (QED) is 0.569. The fourth-order valence-electron chi connectivity index (χ4n) is 1.74. The average Bonchev–Trinajstić information content (AvgIpc) is 2.25. The van der Waals surface area contributed by atoms with Gasteiger partial charge in [-0.15, -0.1) is 0 Å². The summed E-state index contributed by atoms with van der Waals surface area (Å²) < 4.78 is 5.73. The number of benzene rings is 1. The molecule has 0 heterocycles. The largest absolute Gasteiger partial charge is 0.416 e. The normalized spacial score (nSPS) is 13.9. The first-order chi connectivity index (χ1) is 8.29. The molecule has 101 valence electrons. The second-order valence-corrected chi connectivity index (χ2v) is 9.37. The Balaban J connectivity index is 2.62. The van der Waals surface area contributed by atoms with Crippen LogP contribution in [0, 0.1) is 0 Å². The molecule has 0 saturated carbocycles. The number of alkyl halides is 1. The lowest BCUT2D eigenvalue weighted by atomic mass is 9.86. The molecule has 1 nitrogen and oxygen atoms in total. The van der Waals surface area contributed by atoms with Crippen molar-refractivity contribution < 1.29 is 4.43 Å². The fraction of sp³-hybridized carbons (Fsp3) is 0.600. The van der Waals surface area contributed by atoms with E-state index >= 15 is 0 Å². The van der Waals surface area contributed by atoms with Crippen molar-refractivity contribution in [2.45, 2.75) is 50.5 Å². The highest BCUT2D eigenvalue weighted by atomic mass is 79.9. The van der Waals surface area contributed by atoms with Crippen LogP contribution < -0.4 is 0 Å². The second-order valence-electron chi connectivity index (χ2n) is 5.97. The van der Waals surface area contributed by atoms with Crippen molar-refractivity contribution in [2.75, 3.05) is 6.61 Å². The van der Waals surface area contributed by atoms with Crippen LogP contribution in [-0.4, -0.2) is 20.5 Å². The van der Waals surface area contributed by atoms with Gasteiger partial charge in [0.15, 0.2) is 0 Å². The Hall–Kier alpha value is -0.123. The molecule has 1 aromatic carbocycles. The smallest absolute Gasteiger partial charge is 0.204 e. The molecular weight excluding hydrogens is 304 g/mol. The van der Waals surface area contributed by atoms with Gasteiger partial charge in [0.05, 0.1) is 0 Å². The van der Waals surface area contributed by atoms with Crippen LogP contribution in [0.15, 0.2) is 24.3 Å². The molecule has 1 atom stereocenters. The molecule has 0 aromatic heterocycles. The molecule has 0 aliphatic carbocycles. The standard InChI is InChI=1S/C15H24BrOSi/c1-15(2,3)13-8-6-7-12(9-13)10-14(16)11-17-18(4)5/h6-9,14H,10-11H2,1-5H3. The van der Waals surface area contributed by atoms with E-state index in [0.717, 1.165) is 13.0 Å². The summed E-state index contributed by atoms with van der Waals surface area (Å²) in [7, 11) is -0.582. The molecule has 1 radical (unpaired) electrons. The molecule has 18 heavy (non-hydrogen) atoms. The monoisotopic (exact) mass is 327 g/mol. The van der Waals surface area contributed by atoms with E-state index in [0.29, 0.717) is 4.83 Å². The van der Waals surface area contributed by atoms with Crippen LogP contribution in [-0.2, 0) is 16.3 Å². The Morgan fingerprint density at radius 1 is 1.28 bits per heavy atom. The molecule has 3 heteroatoms. The van der Waals surface area contributed by atoms with Gasteiger partial charge in [-0.3, -0.25) is 0 Å². The summed E-state index contributed by atoms with van der Waals surface area (Å²) in [5.41, 5.74) is 3.00. The number of halogens is 1. The Morgan fingerprint density at radius 2 is 1.94 bits per heavy atom. The summed E-state index contributed by atoms with van der Waals surface area (Å²) in [4.78, 5) is 0.410. The fourth-order valence-corrected chi connectivity index (χ4v) is 3.02. The maximum atomic E-state index is 5.73. The number of hydrogen-bond donors (Lipinski definition) is 0. The zero-order valence-electron chi connectivity index (χ0n) is 12.1. The van der Waals surface area contributed by atoms with Gasteiger partial charge in [-0.05, 0) is 36.1 Å². The lowest BCUT2D eigenvalue weighted by Crippen LogP contribution is -2.18. The van der Waals surface area contributed by atoms with E-state index in [9.17, 15) is 0 Å². The Kier molecular flexibility index (Phi) is 6.08. The second kappa shape index (κ2) is 6.87. The van der Waals surface area contributed by atoms with Crippen molar-refractivity contribution >= 4 is 25.0 Å². The molecule has 0 spiro atoms. The highest BCUT2D eigenvalue weighted by Gasteiger charge is 2.14. The third kappa shape index (κ3) is 5.68. The van der Waals surface area contributed by atoms with Crippen molar-refractivity contribution in [3.05, 3.63) is 35.4 Å². The lowest BCUT2D eigenvalue weighted by Gasteiger charge is -2.20. The van der Waals surface area contributed by atoms with Gasteiger partial charge in [0.25, 0.3) is 0 Å². The Labute approximate surface area is 122 Å². The highest BCUT2D eigenvalue weighted by molar-refractivity contribution is 9.09. The first-order valence-corrected chi connectivity index (χ1v) is 9.78. The van der Waals surface area contributed by atoms with Gasteiger partial charge in [0.1, 0.15) is 0 Å². The third-order valence-corrected chi connectivity index (χ3v) is 4.14. The van der Waals surface area contributed by atoms with Gasteiger partial charge in [-0.25, -0.2) is 0 Å². The third-order valence-electron chi connectivity index (χ3n) is 2.80. The molecular formula is C15H24BrOSi. The van der Waals surface area contributed by atoms with Crippen LogP contribution >= 0.6 is 15.9 Å². The molecule has 0 aliphatic heterocycles. The van der Waals surface area contributed by atoms with Crippen LogP contribution in [0.2, 0.25) is 13.1 Å². The molecule has 0 saturated heterocycles. The van der Waals surface area contributed by atoms with Crippen LogP contribution in [0.25, 0.3) is 0 Å². The van der Waals surface area contributed by atoms with Crippen LogP contribution in [0.4, 0.5) is 0 Å². The topological polar surface area (TPSA) is 9.23 Å². The predicted molar refractivity (Wildman–Crippen MR) is 85.0 cm³/mol. The van der Waals surface area contributed by atoms with E-state index < -0.39 is 9.04 Å². The van der Waals surface area contributed by atoms with E-state index in [1.165, 1.54) is 11.1 Å². The summed E-state index contributed by atoms with van der Waals surface area (Å²) in [5, 5.41) is 0. The molecule has 0 bridgehead atoms. The van der Waals surface area contributed by atoms with Gasteiger partial charge < -0.3 is 4.43 Å². The van der Waals surface area contributed by atoms with Gasteiger partial charge in [0.2, 0.25) is 9.04 Å². The van der Waals surface area contributed by atoms with E-state index in [4.69, 9.17) is 4.43 Å². The van der Waals surface area contributed by atoms with Crippen molar-refractivity contribution in [3.63, 3.8) is 0 Å². The first-order valence-electron chi connectivity index (χ1n) is 6.45. The Morgan fingerprint density at radius 3 is 2.50 bits per heavy atom. The molecule has 0 amide bonds. The predicted octanol–water partition coefficient (Wildman–Crippen LogP) is 4.56. The van der Waals surface area contributed by atoms with E-state index in [2.05, 4.69) is 74.1 Å². The van der Waals surface area contributed by atoms with Crippen molar-refractivity contribution in [2.24, 2.45) is 0 Å². The molecule has 1 aromatic rings. The van der Waals surface area contributed by atoms with Crippen LogP contribution in [0.1, 0.15) is 31.9 Å². The summed E-state index contributed by atoms with van der Waals surface area (Å²) in [5.74, 6) is 0. The number of rotatable bonds is 5. The maximum absolute atomic E-state index is 5.73. The minimum Gasteiger partial charge on any atom is -0.416 e. The molecule has 1 rings (SSSR count). The van der Waals surface area contributed by atoms with Crippen molar-refractivity contribution in [1.82, 2.24) is 0 Å². The minimum absolute atomic E-state index is 0.220. The van der Waals surface area contributed by atoms with Crippen molar-refractivity contribution in [3.8, 4) is 0 Å². The zero-order valence-corrected chi connectivity index (χ0v) is 14.7. The molecule has 0 aliphatic rings. The molecule has 0 fully saturated rings. The molecule has 0 N–H and O–H groups in total. The Bertz CT molecular complexity index is 371. The summed E-state index contributed by atoms with van der Waals surface area (Å²) in [6.45, 7) is 11.9. The number of hydrogen-bond acceptors (Lipinski definition) is 1. The molecule has 1 unspecified atom stereocenters. The zero-order chi connectivity index (χ0) is 13.8. The van der Waals surface area contributed by atoms with E-state index in [-0.39, 0.29) is 5.41 Å². The average molecular weight is 328 g/mol. The highest BCUT2D eigenvalue weighted by Crippen LogP contribution is 2.23. The van der Waals surface area contributed by atoms with Gasteiger partial charge in [-0.1, -0.05) is 61.0 Å². The lowest BCUT2D eigenvalue weighted by molar-refractivity contribution is 0.327. The summed E-state index contributed by atoms with van der Waals surface area (Å²) in [6.07, 6.45) is 1.03. The van der Waals surface area contributed by atoms with E-state index in [1.54, 1.807) is 0 Å².